The van der Waals surface area contributed by atoms with Crippen molar-refractivity contribution in [2.45, 2.75) is 63.2 Å². The number of allylic oxidation sites excluding steroid dienone is 10. The van der Waals surface area contributed by atoms with Crippen molar-refractivity contribution in [2.75, 3.05) is 0 Å². The van der Waals surface area contributed by atoms with Crippen LogP contribution >= 0.6 is 17.2 Å². The van der Waals surface area contributed by atoms with Gasteiger partial charge in [0, 0.05) is 0 Å². The van der Waals surface area contributed by atoms with Crippen LogP contribution in [-0.4, -0.2) is 13.6 Å². The minimum absolute atomic E-state index is 0.0493. The molecule has 3 aliphatic rings. The maximum atomic E-state index is 7.17. The third kappa shape index (κ3) is 3.04. The molecule has 145 valence electrons. The summed E-state index contributed by atoms with van der Waals surface area (Å²) in [5, 5.41) is 1.71. The second-order valence-corrected chi connectivity index (χ2v) is 23.2. The van der Waals surface area contributed by atoms with Crippen LogP contribution in [0.25, 0.3) is 0 Å². The first-order valence-corrected chi connectivity index (χ1v) is 23.3. The van der Waals surface area contributed by atoms with Crippen molar-refractivity contribution in [3.63, 3.8) is 0 Å². The molecule has 4 heteroatoms. The molecule has 0 aromatic rings. The first-order chi connectivity index (χ1) is 12.8. The Morgan fingerprint density at radius 3 is 2.37 bits per heavy atom. The van der Waals surface area contributed by atoms with Gasteiger partial charge in [0.1, 0.15) is 0 Å². The van der Waals surface area contributed by atoms with Gasteiger partial charge in [-0.3, -0.25) is 0 Å². The number of hydrogen-bond acceptors (Lipinski definition) is 0. The third-order valence-corrected chi connectivity index (χ3v) is 19.7. The van der Waals surface area contributed by atoms with E-state index in [9.17, 15) is 0 Å². The number of halogens is 2. The van der Waals surface area contributed by atoms with Gasteiger partial charge < -0.3 is 0 Å². The van der Waals surface area contributed by atoms with Crippen LogP contribution in [0.4, 0.5) is 0 Å². The van der Waals surface area contributed by atoms with Crippen LogP contribution in [0.1, 0.15) is 47.0 Å². The molecule has 0 saturated carbocycles. The summed E-state index contributed by atoms with van der Waals surface area (Å²) in [5.74, 6) is 0.455. The Bertz CT molecular complexity index is 823. The van der Waals surface area contributed by atoms with Gasteiger partial charge in [-0.2, -0.15) is 0 Å². The van der Waals surface area contributed by atoms with E-state index in [1.54, 1.807) is 10.7 Å². The van der Waals surface area contributed by atoms with Crippen LogP contribution in [0.3, 0.4) is 0 Å². The quantitative estimate of drug-likeness (QED) is 0.297. The Kier molecular flexibility index (Phi) is 6.63. The average molecular weight is 585 g/mol. The summed E-state index contributed by atoms with van der Waals surface area (Å²) in [6.07, 6.45) is 17.0. The fraction of sp³-hybridized carbons (Fsp3) is 0.522. The van der Waals surface area contributed by atoms with Gasteiger partial charge in [0.2, 0.25) is 0 Å². The fourth-order valence-corrected chi connectivity index (χ4v) is 21.3. The molecular formula is C23H31Cl2HfSi. The van der Waals surface area contributed by atoms with Crippen molar-refractivity contribution in [1.29, 1.82) is 0 Å². The van der Waals surface area contributed by atoms with E-state index in [2.05, 4.69) is 77.2 Å². The first kappa shape index (κ1) is 21.9. The molecule has 3 aliphatic carbocycles. The average Bonchev–Trinajstić information content (AvgIpc) is 3.18. The van der Waals surface area contributed by atoms with E-state index >= 15 is 0 Å². The normalized spacial score (nSPS) is 32.4. The molecule has 0 saturated heterocycles. The van der Waals surface area contributed by atoms with Crippen LogP contribution in [0.15, 0.2) is 58.7 Å². The SMILES string of the molecule is CCC1=CC=CC2=C(C(=[Si](C)C)C(C)(CC)[C]2(C2=CC=CC2)[Hf]([Cl])[Cl])C1C. The molecule has 3 rings (SSSR count). The standard InChI is InChI=1S/C23H31Si.2ClH.Hf/c1-7-17-14-11-15-19-20(16(17)3)22(24(5)6)23(4,8-2)21(19)18-12-9-10-13-18;;;/h9-12,14-16H,7-8,13H2,1-6H3;2*1H;/q;;;+2/p-2. The Hall–Kier alpha value is 0.237. The predicted octanol–water partition coefficient (Wildman–Crippen LogP) is 7.73. The zero-order chi connectivity index (χ0) is 20.0. The molecule has 0 nitrogen and oxygen atoms in total. The molecule has 0 aromatic carbocycles. The fourth-order valence-electron chi connectivity index (χ4n) is 5.75. The monoisotopic (exact) mass is 585 g/mol. The van der Waals surface area contributed by atoms with Crippen LogP contribution in [0.2, 0.25) is 16.3 Å². The zero-order valence-corrected chi connectivity index (χ0v) is 23.5. The Morgan fingerprint density at radius 1 is 1.19 bits per heavy atom. The van der Waals surface area contributed by atoms with Gasteiger partial charge in [0.25, 0.3) is 0 Å². The second-order valence-electron chi connectivity index (χ2n) is 8.40. The molecule has 27 heavy (non-hydrogen) atoms. The molecule has 0 heterocycles. The summed E-state index contributed by atoms with van der Waals surface area (Å²) in [4.78, 5) is 0. The third-order valence-electron chi connectivity index (χ3n) is 7.06. The summed E-state index contributed by atoms with van der Waals surface area (Å²) in [6, 6.07) is 0. The van der Waals surface area contributed by atoms with Crippen LogP contribution in [0, 0.1) is 11.3 Å². The molecule has 0 bridgehead atoms. The van der Waals surface area contributed by atoms with Gasteiger partial charge in [0.05, 0.1) is 0 Å². The van der Waals surface area contributed by atoms with Crippen molar-refractivity contribution in [3.05, 3.63) is 58.7 Å². The van der Waals surface area contributed by atoms with E-state index in [1.807, 2.05) is 0 Å². The van der Waals surface area contributed by atoms with E-state index < -0.39 is 27.5 Å². The Morgan fingerprint density at radius 2 is 1.89 bits per heavy atom. The van der Waals surface area contributed by atoms with Crippen LogP contribution in [-0.2, 0) is 19.1 Å². The molecule has 0 amide bonds. The van der Waals surface area contributed by atoms with Crippen LogP contribution in [0.5, 0.6) is 0 Å². The van der Waals surface area contributed by atoms with Gasteiger partial charge in [0.15, 0.2) is 0 Å². The molecule has 3 atom stereocenters. The van der Waals surface area contributed by atoms with Crippen molar-refractivity contribution in [3.8, 4) is 0 Å². The first-order valence-electron chi connectivity index (χ1n) is 10.1. The van der Waals surface area contributed by atoms with E-state index in [1.165, 1.54) is 16.7 Å². The Balaban J connectivity index is 2.44. The summed E-state index contributed by atoms with van der Waals surface area (Å²) in [5.41, 5.74) is 6.12. The van der Waals surface area contributed by atoms with Gasteiger partial charge in [-0.1, -0.05) is 0 Å². The van der Waals surface area contributed by atoms with E-state index in [-0.39, 0.29) is 8.59 Å². The van der Waals surface area contributed by atoms with Gasteiger partial charge in [-0.15, -0.1) is 0 Å². The summed E-state index contributed by atoms with van der Waals surface area (Å²) in [7, 11) is 13.7. The zero-order valence-electron chi connectivity index (χ0n) is 17.4. The molecule has 0 N–H and O–H groups in total. The van der Waals surface area contributed by atoms with Crippen molar-refractivity contribution >= 4 is 30.7 Å². The molecule has 0 aromatic heterocycles. The summed E-state index contributed by atoms with van der Waals surface area (Å²) >= 11 is -2.98. The van der Waals surface area contributed by atoms with E-state index in [4.69, 9.17) is 17.2 Å². The van der Waals surface area contributed by atoms with Crippen molar-refractivity contribution in [1.82, 2.24) is 0 Å². The van der Waals surface area contributed by atoms with Crippen molar-refractivity contribution in [2.24, 2.45) is 11.3 Å². The molecule has 3 unspecified atom stereocenters. The second kappa shape index (κ2) is 8.17. The van der Waals surface area contributed by atoms with E-state index in [0.29, 0.717) is 5.92 Å². The van der Waals surface area contributed by atoms with Gasteiger partial charge in [-0.05, 0) is 0 Å². The molecular weight excluding hydrogens is 554 g/mol. The van der Waals surface area contributed by atoms with Gasteiger partial charge >= 0.3 is 183 Å². The minimum atomic E-state index is -2.98. The number of hydrogen-bond donors (Lipinski definition) is 0. The molecule has 0 aliphatic heterocycles. The summed E-state index contributed by atoms with van der Waals surface area (Å²) in [6.45, 7) is 14.4. The van der Waals surface area contributed by atoms with Crippen LogP contribution < -0.4 is 0 Å². The predicted molar refractivity (Wildman–Crippen MR) is 121 cm³/mol. The number of rotatable bonds is 4. The maximum absolute atomic E-state index is 7.17. The summed E-state index contributed by atoms with van der Waals surface area (Å²) < 4.78 is -0.132. The topological polar surface area (TPSA) is 0 Å². The molecule has 0 radical (unpaired) electrons. The van der Waals surface area contributed by atoms with E-state index in [0.717, 1.165) is 19.3 Å². The molecule has 0 fully saturated rings. The van der Waals surface area contributed by atoms with Crippen molar-refractivity contribution < 1.29 is 19.1 Å². The molecule has 0 spiro atoms. The Labute approximate surface area is 182 Å². The van der Waals surface area contributed by atoms with Gasteiger partial charge in [-0.25, -0.2) is 0 Å².